The number of halogens is 3. The number of hydrogen-bond acceptors (Lipinski definition) is 5. The molecule has 0 aliphatic rings. The van der Waals surface area contributed by atoms with Crippen LogP contribution in [0, 0.1) is 12.3 Å². The number of nitrogens with one attached hydrogen (secondary N) is 1. The van der Waals surface area contributed by atoms with E-state index in [1.54, 1.807) is 38.2 Å². The molecule has 158 valence electrons. The second-order valence-electron chi connectivity index (χ2n) is 7.53. The monoisotopic (exact) mass is 418 g/mol. The largest absolute Gasteiger partial charge is 0.512 e. The van der Waals surface area contributed by atoms with Gasteiger partial charge in [-0.15, -0.1) is 0 Å². The molecule has 0 fully saturated rings. The van der Waals surface area contributed by atoms with Crippen molar-refractivity contribution in [3.63, 3.8) is 0 Å². The van der Waals surface area contributed by atoms with Crippen LogP contribution in [0.1, 0.15) is 25.1 Å². The molecule has 6 nitrogen and oxygen atoms in total. The first-order valence-electron chi connectivity index (χ1n) is 9.04. The number of ether oxygens (including phenoxy) is 1. The third kappa shape index (κ3) is 4.61. The molecular weight excluding hydrogens is 397 g/mol. The first-order valence-corrected chi connectivity index (χ1v) is 9.04. The van der Waals surface area contributed by atoms with E-state index in [0.717, 1.165) is 17.3 Å². The van der Waals surface area contributed by atoms with Gasteiger partial charge in [0.25, 0.3) is 0 Å². The van der Waals surface area contributed by atoms with Crippen LogP contribution in [0.3, 0.4) is 0 Å². The quantitative estimate of drug-likeness (QED) is 0.528. The van der Waals surface area contributed by atoms with E-state index in [4.69, 9.17) is 4.74 Å². The Morgan fingerprint density at radius 3 is 2.40 bits per heavy atom. The van der Waals surface area contributed by atoms with Gasteiger partial charge in [-0.05, 0) is 38.5 Å². The van der Waals surface area contributed by atoms with E-state index in [1.807, 2.05) is 6.92 Å². The molecule has 2 N–H and O–H groups in total. The molecule has 3 rings (SSSR count). The minimum atomic E-state index is -4.48. The first kappa shape index (κ1) is 21.4. The van der Waals surface area contributed by atoms with Crippen LogP contribution in [0.15, 0.2) is 49.1 Å². The van der Waals surface area contributed by atoms with Crippen LogP contribution in [0.4, 0.5) is 13.2 Å². The predicted octanol–water partition coefficient (Wildman–Crippen LogP) is 5.34. The number of rotatable bonds is 6. The molecule has 30 heavy (non-hydrogen) atoms. The molecule has 0 atom stereocenters. The number of alkyl halides is 3. The molecule has 0 unspecified atom stereocenters. The highest BCUT2D eigenvalue weighted by Gasteiger charge is 2.33. The molecule has 0 amide bonds. The van der Waals surface area contributed by atoms with Crippen molar-refractivity contribution in [2.24, 2.45) is 5.41 Å². The molecule has 0 aliphatic carbocycles. The normalized spacial score (nSPS) is 12.1. The van der Waals surface area contributed by atoms with Crippen LogP contribution >= 0.6 is 0 Å². The van der Waals surface area contributed by atoms with Crippen molar-refractivity contribution in [3.8, 4) is 28.5 Å². The molecule has 0 aliphatic heterocycles. The van der Waals surface area contributed by atoms with E-state index in [1.165, 1.54) is 6.20 Å². The fraction of sp³-hybridized carbons (Fsp3) is 0.286. The maximum atomic E-state index is 12.7. The van der Waals surface area contributed by atoms with Crippen molar-refractivity contribution in [3.05, 3.63) is 60.4 Å². The third-order valence-corrected chi connectivity index (χ3v) is 4.64. The van der Waals surface area contributed by atoms with Crippen LogP contribution in [0.5, 0.6) is 5.88 Å². The van der Waals surface area contributed by atoms with Crippen LogP contribution in [0.25, 0.3) is 22.6 Å². The van der Waals surface area contributed by atoms with Gasteiger partial charge in [-0.25, -0.2) is 9.97 Å². The average molecular weight is 418 g/mol. The molecule has 3 heterocycles. The second kappa shape index (κ2) is 7.81. The van der Waals surface area contributed by atoms with Gasteiger partial charge in [-0.1, -0.05) is 6.58 Å². The standard InChI is InChI=1S/C21H21F3N4O2/c1-12-7-18(30-11-20(3,4)13(2)29)26-9-15(12)16-6-5-14(8-25-16)19-27-10-17(28-19)21(22,23)24/h5-10,29H,2,11H2,1,3-4H3,(H,27,28). The SMILES string of the molecule is C=C(O)C(C)(C)COc1cc(C)c(-c2ccc(-c3ncc(C(F)(F)F)[nH]3)cn2)cn1. The van der Waals surface area contributed by atoms with Gasteiger partial charge in [0.15, 0.2) is 0 Å². The minimum Gasteiger partial charge on any atom is -0.512 e. The molecule has 0 spiro atoms. The number of H-pyrrole nitrogens is 1. The second-order valence-corrected chi connectivity index (χ2v) is 7.53. The summed E-state index contributed by atoms with van der Waals surface area (Å²) in [6.45, 7) is 9.23. The Labute approximate surface area is 171 Å². The maximum absolute atomic E-state index is 12.7. The Hall–Kier alpha value is -3.36. The van der Waals surface area contributed by atoms with Crippen molar-refractivity contribution in [2.45, 2.75) is 26.9 Å². The van der Waals surface area contributed by atoms with E-state index in [9.17, 15) is 18.3 Å². The van der Waals surface area contributed by atoms with E-state index in [2.05, 4.69) is 26.5 Å². The lowest BCUT2D eigenvalue weighted by Gasteiger charge is -2.23. The lowest BCUT2D eigenvalue weighted by Crippen LogP contribution is -2.23. The number of aliphatic hydroxyl groups is 1. The summed E-state index contributed by atoms with van der Waals surface area (Å²) in [5.74, 6) is 0.518. The van der Waals surface area contributed by atoms with Crippen LogP contribution < -0.4 is 4.74 Å². The smallest absolute Gasteiger partial charge is 0.432 e. The Balaban J connectivity index is 1.76. The van der Waals surface area contributed by atoms with Crippen molar-refractivity contribution in [1.29, 1.82) is 0 Å². The molecule has 0 saturated heterocycles. The number of aliphatic hydroxyl groups excluding tert-OH is 1. The number of nitrogens with zero attached hydrogens (tertiary/aromatic N) is 3. The fourth-order valence-corrected chi connectivity index (χ4v) is 2.52. The van der Waals surface area contributed by atoms with Gasteiger partial charge in [0.05, 0.1) is 23.1 Å². The lowest BCUT2D eigenvalue weighted by molar-refractivity contribution is -0.140. The van der Waals surface area contributed by atoms with Gasteiger partial charge in [-0.3, -0.25) is 4.98 Å². The fourth-order valence-electron chi connectivity index (χ4n) is 2.52. The summed E-state index contributed by atoms with van der Waals surface area (Å²) in [5, 5.41) is 9.59. The lowest BCUT2D eigenvalue weighted by atomic mass is 9.93. The highest BCUT2D eigenvalue weighted by molar-refractivity contribution is 5.65. The number of aromatic nitrogens is 4. The number of aromatic amines is 1. The zero-order chi connectivity index (χ0) is 22.1. The van der Waals surface area contributed by atoms with Crippen molar-refractivity contribution in [1.82, 2.24) is 19.9 Å². The number of pyridine rings is 2. The van der Waals surface area contributed by atoms with Crippen LogP contribution in [-0.2, 0) is 6.18 Å². The molecule has 0 aromatic carbocycles. The van der Waals surface area contributed by atoms with Crippen molar-refractivity contribution in [2.75, 3.05) is 6.61 Å². The molecular formula is C21H21F3N4O2. The Morgan fingerprint density at radius 1 is 1.13 bits per heavy atom. The van der Waals surface area contributed by atoms with Gasteiger partial charge >= 0.3 is 6.18 Å². The summed E-state index contributed by atoms with van der Waals surface area (Å²) >= 11 is 0. The van der Waals surface area contributed by atoms with Crippen LogP contribution in [0.2, 0.25) is 0 Å². The number of aryl methyl sites for hydroxylation is 1. The number of hydrogen-bond donors (Lipinski definition) is 2. The maximum Gasteiger partial charge on any atom is 0.432 e. The first-order chi connectivity index (χ1) is 14.0. The molecule has 9 heteroatoms. The molecule has 3 aromatic heterocycles. The van der Waals surface area contributed by atoms with Gasteiger partial charge in [0.1, 0.15) is 18.1 Å². The Kier molecular flexibility index (Phi) is 5.56. The predicted molar refractivity (Wildman–Crippen MR) is 106 cm³/mol. The summed E-state index contributed by atoms with van der Waals surface area (Å²) in [6.07, 6.45) is -0.663. The zero-order valence-corrected chi connectivity index (χ0v) is 16.7. The summed E-state index contributed by atoms with van der Waals surface area (Å²) in [4.78, 5) is 14.6. The summed E-state index contributed by atoms with van der Waals surface area (Å²) in [7, 11) is 0. The third-order valence-electron chi connectivity index (χ3n) is 4.64. The van der Waals surface area contributed by atoms with E-state index >= 15 is 0 Å². The van der Waals surface area contributed by atoms with E-state index in [-0.39, 0.29) is 18.2 Å². The van der Waals surface area contributed by atoms with Gasteiger partial charge < -0.3 is 14.8 Å². The highest BCUT2D eigenvalue weighted by Crippen LogP contribution is 2.30. The Bertz CT molecular complexity index is 1060. The number of imidazole rings is 1. The molecule has 3 aromatic rings. The van der Waals surface area contributed by atoms with Gasteiger partial charge in [0, 0.05) is 29.6 Å². The van der Waals surface area contributed by atoms with E-state index < -0.39 is 17.3 Å². The minimum absolute atomic E-state index is 0.0269. The van der Waals surface area contributed by atoms with Gasteiger partial charge in [0.2, 0.25) is 5.88 Å². The average Bonchev–Trinajstić information content (AvgIpc) is 3.17. The summed E-state index contributed by atoms with van der Waals surface area (Å²) in [6, 6.07) is 5.08. The molecule has 0 radical (unpaired) electrons. The van der Waals surface area contributed by atoms with Gasteiger partial charge in [-0.2, -0.15) is 13.2 Å². The summed E-state index contributed by atoms with van der Waals surface area (Å²) < 4.78 is 43.8. The van der Waals surface area contributed by atoms with Crippen molar-refractivity contribution >= 4 is 0 Å². The van der Waals surface area contributed by atoms with Crippen LogP contribution in [-0.4, -0.2) is 31.6 Å². The highest BCUT2D eigenvalue weighted by atomic mass is 19.4. The molecule has 0 bridgehead atoms. The van der Waals surface area contributed by atoms with E-state index in [0.29, 0.717) is 17.1 Å². The summed E-state index contributed by atoms with van der Waals surface area (Å²) in [5.41, 5.74) is 1.15. The Morgan fingerprint density at radius 2 is 1.87 bits per heavy atom. The zero-order valence-electron chi connectivity index (χ0n) is 16.7. The van der Waals surface area contributed by atoms with Crippen molar-refractivity contribution < 1.29 is 23.0 Å². The topological polar surface area (TPSA) is 83.9 Å². The molecule has 0 saturated carbocycles.